The van der Waals surface area contributed by atoms with Crippen LogP contribution in [0.5, 0.6) is 0 Å². The molecule has 13 nitrogen and oxygen atoms in total. The maximum atomic E-state index is 10.9. The van der Waals surface area contributed by atoms with Crippen molar-refractivity contribution in [3.05, 3.63) is 0 Å². The van der Waals surface area contributed by atoms with Crippen LogP contribution in [-0.2, 0) is 33.2 Å². The zero-order valence-electron chi connectivity index (χ0n) is 20.4. The van der Waals surface area contributed by atoms with E-state index in [2.05, 4.69) is 0 Å². The molecule has 0 saturated heterocycles. The van der Waals surface area contributed by atoms with Crippen molar-refractivity contribution in [1.29, 1.82) is 0 Å². The van der Waals surface area contributed by atoms with Gasteiger partial charge in [0.2, 0.25) is 0 Å². The minimum absolute atomic E-state index is 0. The summed E-state index contributed by atoms with van der Waals surface area (Å²) in [7, 11) is 3.00. The van der Waals surface area contributed by atoms with Crippen LogP contribution < -0.4 is 10.2 Å². The number of carbonyl (C=O) groups is 2. The van der Waals surface area contributed by atoms with Crippen LogP contribution in [0.25, 0.3) is 0 Å². The molecule has 0 radical (unpaired) electrons. The Hall–Kier alpha value is -0.169. The Morgan fingerprint density at radius 1 is 0.500 bits per heavy atom. The van der Waals surface area contributed by atoms with Crippen molar-refractivity contribution in [2.24, 2.45) is 0 Å². The van der Waals surface area contributed by atoms with E-state index >= 15 is 0 Å². The van der Waals surface area contributed by atoms with Crippen LogP contribution >= 0.6 is 0 Å². The van der Waals surface area contributed by atoms with Crippen molar-refractivity contribution >= 4 is 61.1 Å². The van der Waals surface area contributed by atoms with Crippen LogP contribution in [0.1, 0.15) is 0 Å². The molecule has 0 atom stereocenters. The number of methoxy groups -OCH3 is 2. The van der Waals surface area contributed by atoms with Gasteiger partial charge in [-0.1, -0.05) is 0 Å². The zero-order chi connectivity index (χ0) is 24.6. The number of carboxylic acid groups (broad SMARTS) is 2. The van der Waals surface area contributed by atoms with Gasteiger partial charge in [0.25, 0.3) is 0 Å². The molecule has 0 unspecified atom stereocenters. The number of amides is 2. The molecular formula is C20H38BaN2O11. The van der Waals surface area contributed by atoms with Crippen molar-refractivity contribution in [3.63, 3.8) is 0 Å². The first kappa shape index (κ1) is 36.0. The summed E-state index contributed by atoms with van der Waals surface area (Å²) < 4.78 is 36.4. The Balaban J connectivity index is 0. The molecule has 0 aromatic carbocycles. The minimum atomic E-state index is -1.25. The first-order valence-electron chi connectivity index (χ1n) is 10.8. The first-order valence-corrected chi connectivity index (χ1v) is 10.8. The SMILES string of the molecule is COCCN(CCOCCOCCOCCOCCOCCN(CCOC)C(=O)[O-])C(=O)[O-].[Ba+2]. The minimum Gasteiger partial charge on any atom is -0.530 e. The van der Waals surface area contributed by atoms with Gasteiger partial charge >= 0.3 is 48.9 Å². The predicted octanol–water partition coefficient (Wildman–Crippen LogP) is -2.73. The molecule has 0 aliphatic rings. The Morgan fingerprint density at radius 3 is 0.971 bits per heavy atom. The predicted molar refractivity (Wildman–Crippen MR) is 118 cm³/mol. The number of rotatable bonds is 24. The third-order valence-electron chi connectivity index (χ3n) is 4.15. The molecule has 0 heterocycles. The molecule has 0 N–H and O–H groups in total. The van der Waals surface area contributed by atoms with Gasteiger partial charge in [0.15, 0.2) is 0 Å². The summed E-state index contributed by atoms with van der Waals surface area (Å²) in [6.07, 6.45) is -2.50. The molecule has 0 aromatic heterocycles. The van der Waals surface area contributed by atoms with Crippen LogP contribution in [-0.4, -0.2) is 191 Å². The third kappa shape index (κ3) is 23.6. The summed E-state index contributed by atoms with van der Waals surface area (Å²) in [4.78, 5) is 24.0. The van der Waals surface area contributed by atoms with E-state index in [4.69, 9.17) is 33.2 Å². The summed E-state index contributed by atoms with van der Waals surface area (Å²) in [5.74, 6) is 0. The van der Waals surface area contributed by atoms with Gasteiger partial charge in [-0.2, -0.15) is 0 Å². The van der Waals surface area contributed by atoms with Gasteiger partial charge in [0.1, 0.15) is 12.2 Å². The van der Waals surface area contributed by atoms with Crippen molar-refractivity contribution in [1.82, 2.24) is 9.80 Å². The van der Waals surface area contributed by atoms with E-state index in [9.17, 15) is 19.8 Å². The van der Waals surface area contributed by atoms with Gasteiger partial charge in [-0.25, -0.2) is 0 Å². The molecule has 0 fully saturated rings. The summed E-state index contributed by atoms with van der Waals surface area (Å²) in [5, 5.41) is 21.8. The molecule has 0 rings (SSSR count). The molecule has 0 aliphatic heterocycles. The van der Waals surface area contributed by atoms with E-state index < -0.39 is 12.2 Å². The smallest absolute Gasteiger partial charge is 0.530 e. The molecule has 196 valence electrons. The van der Waals surface area contributed by atoms with Crippen molar-refractivity contribution < 1.29 is 53.0 Å². The monoisotopic (exact) mass is 620 g/mol. The van der Waals surface area contributed by atoms with E-state index in [0.29, 0.717) is 66.1 Å². The van der Waals surface area contributed by atoms with Crippen molar-refractivity contribution in [2.75, 3.05) is 120 Å². The van der Waals surface area contributed by atoms with Crippen LogP contribution in [0.2, 0.25) is 0 Å². The second-order valence-corrected chi connectivity index (χ2v) is 6.55. The number of carbonyl (C=O) groups excluding carboxylic acids is 2. The van der Waals surface area contributed by atoms with Crippen molar-refractivity contribution in [3.8, 4) is 0 Å². The fourth-order valence-corrected chi connectivity index (χ4v) is 2.32. The topological polar surface area (TPSA) is 151 Å². The van der Waals surface area contributed by atoms with Crippen molar-refractivity contribution in [2.45, 2.75) is 0 Å². The normalized spacial score (nSPS) is 10.6. The summed E-state index contributed by atoms with van der Waals surface area (Å²) in [6, 6.07) is 0. The summed E-state index contributed by atoms with van der Waals surface area (Å²) in [5.41, 5.74) is 0. The molecule has 0 saturated carbocycles. The molecule has 2 amide bonds. The standard InChI is InChI=1S/C20H40N2O11.Ba/c1-27-7-3-21(19(23)24)5-9-29-11-13-31-15-17-33-18-16-32-14-12-30-10-6-22(20(25)26)4-8-28-2;/h3-18H2,1-2H3,(H,23,24)(H,25,26);/q;+2/p-2. The van der Waals surface area contributed by atoms with E-state index in [-0.39, 0.29) is 88.3 Å². The molecule has 14 heteroatoms. The van der Waals surface area contributed by atoms with Crippen LogP contribution in [0.4, 0.5) is 9.59 Å². The van der Waals surface area contributed by atoms with Crippen LogP contribution in [0, 0.1) is 0 Å². The van der Waals surface area contributed by atoms with Gasteiger partial charge in [-0.15, -0.1) is 0 Å². The van der Waals surface area contributed by atoms with Gasteiger partial charge < -0.3 is 62.8 Å². The molecule has 0 aromatic rings. The number of nitrogens with zero attached hydrogens (tertiary/aromatic N) is 2. The third-order valence-corrected chi connectivity index (χ3v) is 4.15. The molecule has 34 heavy (non-hydrogen) atoms. The largest absolute Gasteiger partial charge is 2.00 e. The molecular weight excluding hydrogens is 582 g/mol. The molecule has 0 aliphatic carbocycles. The number of ether oxygens (including phenoxy) is 7. The average molecular weight is 620 g/mol. The van der Waals surface area contributed by atoms with E-state index in [0.717, 1.165) is 9.80 Å². The van der Waals surface area contributed by atoms with Gasteiger partial charge in [0.05, 0.1) is 79.3 Å². The van der Waals surface area contributed by atoms with Gasteiger partial charge in [0, 0.05) is 40.4 Å². The second-order valence-electron chi connectivity index (χ2n) is 6.55. The maximum Gasteiger partial charge on any atom is 2.00 e. The van der Waals surface area contributed by atoms with E-state index in [1.54, 1.807) is 0 Å². The quantitative estimate of drug-likeness (QED) is 0.0818. The van der Waals surface area contributed by atoms with E-state index in [1.807, 2.05) is 0 Å². The Bertz CT molecular complexity index is 438. The van der Waals surface area contributed by atoms with Crippen LogP contribution in [0.3, 0.4) is 0 Å². The van der Waals surface area contributed by atoms with E-state index in [1.165, 1.54) is 14.2 Å². The first-order chi connectivity index (χ1) is 16.0. The summed E-state index contributed by atoms with van der Waals surface area (Å²) in [6.45, 7) is 5.11. The number of hydrogen-bond donors (Lipinski definition) is 0. The zero-order valence-corrected chi connectivity index (χ0v) is 24.8. The number of hydrogen-bond acceptors (Lipinski definition) is 11. The fourth-order valence-electron chi connectivity index (χ4n) is 2.32. The molecule has 0 spiro atoms. The maximum absolute atomic E-state index is 10.9. The Labute approximate surface area is 241 Å². The Kier molecular flexibility index (Phi) is 29.0. The van der Waals surface area contributed by atoms with Crippen LogP contribution in [0.15, 0.2) is 0 Å². The van der Waals surface area contributed by atoms with Gasteiger partial charge in [-0.05, 0) is 0 Å². The second kappa shape index (κ2) is 27.4. The fraction of sp³-hybridized carbons (Fsp3) is 0.900. The summed E-state index contributed by atoms with van der Waals surface area (Å²) >= 11 is 0. The molecule has 0 bridgehead atoms. The van der Waals surface area contributed by atoms with Gasteiger partial charge in [-0.3, -0.25) is 0 Å². The Morgan fingerprint density at radius 2 is 0.735 bits per heavy atom. The average Bonchev–Trinajstić information content (AvgIpc) is 2.79.